The fraction of sp³-hybridized carbons (Fsp3) is 0.438. The van der Waals surface area contributed by atoms with Crippen molar-refractivity contribution in [3.8, 4) is 5.75 Å². The summed E-state index contributed by atoms with van der Waals surface area (Å²) in [7, 11) is 1.70. The molecule has 0 fully saturated rings. The number of aromatic nitrogens is 1. The number of aryl methyl sites for hydroxylation is 1. The third kappa shape index (κ3) is 3.19. The first kappa shape index (κ1) is 15.0. The zero-order chi connectivity index (χ0) is 14.4. The Morgan fingerprint density at radius 3 is 2.90 bits per heavy atom. The van der Waals surface area contributed by atoms with Gasteiger partial charge in [0, 0.05) is 11.1 Å². The fourth-order valence-electron chi connectivity index (χ4n) is 2.29. The summed E-state index contributed by atoms with van der Waals surface area (Å²) < 4.78 is 5.48. The second kappa shape index (κ2) is 7.41. The van der Waals surface area contributed by atoms with E-state index in [2.05, 4.69) is 35.6 Å². The van der Waals surface area contributed by atoms with Crippen molar-refractivity contribution in [2.24, 2.45) is 0 Å². The number of nitrogens with zero attached hydrogens (tertiary/aromatic N) is 1. The van der Waals surface area contributed by atoms with E-state index in [4.69, 9.17) is 4.74 Å². The number of rotatable bonds is 7. The average molecular weight is 290 g/mol. The molecule has 0 aromatic carbocycles. The van der Waals surface area contributed by atoms with Gasteiger partial charge in [-0.3, -0.25) is 4.98 Å². The minimum absolute atomic E-state index is 0.112. The number of hydrogen-bond donors (Lipinski definition) is 1. The third-order valence-electron chi connectivity index (χ3n) is 3.32. The van der Waals surface area contributed by atoms with Gasteiger partial charge >= 0.3 is 0 Å². The Balaban J connectivity index is 2.41. The van der Waals surface area contributed by atoms with Crippen molar-refractivity contribution in [3.63, 3.8) is 0 Å². The summed E-state index contributed by atoms with van der Waals surface area (Å²) in [5.74, 6) is 0.844. The largest absolute Gasteiger partial charge is 0.495 e. The van der Waals surface area contributed by atoms with E-state index in [9.17, 15) is 0 Å². The van der Waals surface area contributed by atoms with E-state index in [1.807, 2.05) is 18.3 Å². The molecule has 0 radical (unpaired) electrons. The molecule has 1 atom stereocenters. The van der Waals surface area contributed by atoms with E-state index in [1.54, 1.807) is 18.4 Å². The lowest BCUT2D eigenvalue weighted by molar-refractivity contribution is 0.400. The molecule has 0 amide bonds. The number of methoxy groups -OCH3 is 1. The zero-order valence-electron chi connectivity index (χ0n) is 12.3. The van der Waals surface area contributed by atoms with E-state index in [1.165, 1.54) is 10.4 Å². The smallest absolute Gasteiger partial charge is 0.142 e. The minimum atomic E-state index is 0.112. The van der Waals surface area contributed by atoms with Crippen LogP contribution in [0.5, 0.6) is 5.75 Å². The van der Waals surface area contributed by atoms with E-state index in [0.29, 0.717) is 0 Å². The molecule has 20 heavy (non-hydrogen) atoms. The highest BCUT2D eigenvalue weighted by Crippen LogP contribution is 2.33. The standard InChI is InChI=1S/C16H22N2OS/c1-4-9-17-15(16-12(5-2)8-11-20-16)14-13(19-3)7-6-10-18-14/h6-8,10-11,15,17H,4-5,9H2,1-3H3. The first-order chi connectivity index (χ1) is 9.81. The molecule has 0 bridgehead atoms. The molecule has 0 saturated carbocycles. The molecule has 108 valence electrons. The van der Waals surface area contributed by atoms with Crippen molar-refractivity contribution >= 4 is 11.3 Å². The summed E-state index contributed by atoms with van der Waals surface area (Å²) in [6.07, 6.45) is 3.97. The van der Waals surface area contributed by atoms with Crippen LogP contribution in [0.1, 0.15) is 42.4 Å². The molecular weight excluding hydrogens is 268 g/mol. The van der Waals surface area contributed by atoms with Gasteiger partial charge in [-0.1, -0.05) is 13.8 Å². The molecule has 1 unspecified atom stereocenters. The molecule has 0 spiro atoms. The molecule has 2 rings (SSSR count). The molecular formula is C16H22N2OS. The zero-order valence-corrected chi connectivity index (χ0v) is 13.2. The second-order valence-electron chi connectivity index (χ2n) is 4.64. The quantitative estimate of drug-likeness (QED) is 0.842. The van der Waals surface area contributed by atoms with Gasteiger partial charge in [0.05, 0.1) is 13.2 Å². The minimum Gasteiger partial charge on any atom is -0.495 e. The Bertz CT molecular complexity index is 539. The SMILES string of the molecule is CCCNC(c1ncccc1OC)c1sccc1CC. The van der Waals surface area contributed by atoms with Gasteiger partial charge in [-0.15, -0.1) is 11.3 Å². The highest BCUT2D eigenvalue weighted by atomic mass is 32.1. The van der Waals surface area contributed by atoms with Gasteiger partial charge in [-0.25, -0.2) is 0 Å². The first-order valence-electron chi connectivity index (χ1n) is 7.10. The maximum Gasteiger partial charge on any atom is 0.142 e. The van der Waals surface area contributed by atoms with E-state index >= 15 is 0 Å². The summed E-state index contributed by atoms with van der Waals surface area (Å²) in [4.78, 5) is 5.90. The van der Waals surface area contributed by atoms with Crippen LogP contribution >= 0.6 is 11.3 Å². The van der Waals surface area contributed by atoms with Crippen molar-refractivity contribution < 1.29 is 4.74 Å². The maximum absolute atomic E-state index is 5.48. The van der Waals surface area contributed by atoms with Crippen molar-refractivity contribution in [3.05, 3.63) is 45.9 Å². The average Bonchev–Trinajstić information content (AvgIpc) is 2.96. The lowest BCUT2D eigenvalue weighted by Gasteiger charge is -2.20. The van der Waals surface area contributed by atoms with Gasteiger partial charge in [-0.05, 0) is 48.5 Å². The Kier molecular flexibility index (Phi) is 5.56. The lowest BCUT2D eigenvalue weighted by Crippen LogP contribution is -2.24. The molecule has 0 aliphatic rings. The molecule has 2 heterocycles. The Labute approximate surface area is 125 Å². The van der Waals surface area contributed by atoms with Crippen molar-refractivity contribution in [2.45, 2.75) is 32.7 Å². The Morgan fingerprint density at radius 1 is 1.35 bits per heavy atom. The molecule has 2 aromatic rings. The van der Waals surface area contributed by atoms with Crippen LogP contribution in [0.4, 0.5) is 0 Å². The summed E-state index contributed by atoms with van der Waals surface area (Å²) in [6.45, 7) is 5.33. The second-order valence-corrected chi connectivity index (χ2v) is 5.59. The van der Waals surface area contributed by atoms with Gasteiger partial charge < -0.3 is 10.1 Å². The van der Waals surface area contributed by atoms with Crippen LogP contribution in [0.15, 0.2) is 29.8 Å². The molecule has 4 heteroatoms. The van der Waals surface area contributed by atoms with E-state index < -0.39 is 0 Å². The molecule has 0 saturated heterocycles. The third-order valence-corrected chi connectivity index (χ3v) is 4.34. The lowest BCUT2D eigenvalue weighted by atomic mass is 10.0. The van der Waals surface area contributed by atoms with Crippen LogP contribution < -0.4 is 10.1 Å². The highest BCUT2D eigenvalue weighted by Gasteiger charge is 2.22. The van der Waals surface area contributed by atoms with Crippen LogP contribution in [0.3, 0.4) is 0 Å². The van der Waals surface area contributed by atoms with Gasteiger partial charge in [0.1, 0.15) is 11.4 Å². The van der Waals surface area contributed by atoms with Crippen molar-refractivity contribution in [1.82, 2.24) is 10.3 Å². The molecule has 0 aliphatic carbocycles. The van der Waals surface area contributed by atoms with Gasteiger partial charge in [0.25, 0.3) is 0 Å². The van der Waals surface area contributed by atoms with Crippen LogP contribution in [-0.2, 0) is 6.42 Å². The Hall–Kier alpha value is -1.39. The van der Waals surface area contributed by atoms with E-state index in [0.717, 1.165) is 30.8 Å². The van der Waals surface area contributed by atoms with E-state index in [-0.39, 0.29) is 6.04 Å². The fourth-order valence-corrected chi connectivity index (χ4v) is 3.36. The summed E-state index contributed by atoms with van der Waals surface area (Å²) in [5, 5.41) is 5.76. The molecule has 3 nitrogen and oxygen atoms in total. The number of hydrogen-bond acceptors (Lipinski definition) is 4. The normalized spacial score (nSPS) is 12.3. The van der Waals surface area contributed by atoms with Crippen LogP contribution in [-0.4, -0.2) is 18.6 Å². The number of ether oxygens (including phenoxy) is 1. The molecule has 1 N–H and O–H groups in total. The topological polar surface area (TPSA) is 34.2 Å². The number of pyridine rings is 1. The van der Waals surface area contributed by atoms with Crippen LogP contribution in [0.2, 0.25) is 0 Å². The van der Waals surface area contributed by atoms with Crippen molar-refractivity contribution in [1.29, 1.82) is 0 Å². The predicted molar refractivity (Wildman–Crippen MR) is 84.6 cm³/mol. The number of nitrogens with one attached hydrogen (secondary N) is 1. The first-order valence-corrected chi connectivity index (χ1v) is 7.98. The number of thiophene rings is 1. The molecule has 2 aromatic heterocycles. The van der Waals surface area contributed by atoms with Crippen LogP contribution in [0, 0.1) is 0 Å². The summed E-state index contributed by atoms with van der Waals surface area (Å²) in [5.41, 5.74) is 2.36. The molecule has 0 aliphatic heterocycles. The van der Waals surface area contributed by atoms with Gasteiger partial charge in [-0.2, -0.15) is 0 Å². The van der Waals surface area contributed by atoms with Gasteiger partial charge in [0.2, 0.25) is 0 Å². The highest BCUT2D eigenvalue weighted by molar-refractivity contribution is 7.10. The summed E-state index contributed by atoms with van der Waals surface area (Å²) >= 11 is 1.79. The maximum atomic E-state index is 5.48. The predicted octanol–water partition coefficient (Wildman–Crippen LogP) is 3.80. The van der Waals surface area contributed by atoms with Crippen LogP contribution in [0.25, 0.3) is 0 Å². The Morgan fingerprint density at radius 2 is 2.20 bits per heavy atom. The van der Waals surface area contributed by atoms with Gasteiger partial charge in [0.15, 0.2) is 0 Å². The summed E-state index contributed by atoms with van der Waals surface area (Å²) in [6, 6.07) is 6.20. The van der Waals surface area contributed by atoms with Crippen molar-refractivity contribution in [2.75, 3.05) is 13.7 Å². The monoisotopic (exact) mass is 290 g/mol.